The summed E-state index contributed by atoms with van der Waals surface area (Å²) in [5.74, 6) is -1.18. The van der Waals surface area contributed by atoms with Crippen LogP contribution in [-0.4, -0.2) is 33.0 Å². The Morgan fingerprint density at radius 2 is 1.86 bits per heavy atom. The Morgan fingerprint density at radius 3 is 2.58 bits per heavy atom. The summed E-state index contributed by atoms with van der Waals surface area (Å²) in [6.45, 7) is 2.12. The molecule has 0 saturated heterocycles. The van der Waals surface area contributed by atoms with Gasteiger partial charge in [-0.2, -0.15) is 10.1 Å². The molecule has 36 heavy (non-hydrogen) atoms. The second kappa shape index (κ2) is 10.5. The summed E-state index contributed by atoms with van der Waals surface area (Å²) < 4.78 is 13.4. The van der Waals surface area contributed by atoms with Gasteiger partial charge >= 0.3 is 0 Å². The monoisotopic (exact) mass is 500 g/mol. The first kappa shape index (κ1) is 23.9. The van der Waals surface area contributed by atoms with Crippen LogP contribution in [0.2, 0.25) is 0 Å². The van der Waals surface area contributed by atoms with E-state index in [9.17, 15) is 14.0 Å². The molecule has 0 saturated carbocycles. The Hall–Kier alpha value is -3.78. The van der Waals surface area contributed by atoms with Gasteiger partial charge in [0.2, 0.25) is 5.91 Å². The number of hydrogen-bond acceptors (Lipinski definition) is 5. The fourth-order valence-electron chi connectivity index (χ4n) is 4.28. The van der Waals surface area contributed by atoms with E-state index in [4.69, 9.17) is 5.10 Å². The molecule has 3 aromatic rings. The molecule has 0 spiro atoms. The normalized spacial score (nSPS) is 19.3. The number of carbonyl (C=O) groups is 2. The fourth-order valence-corrected chi connectivity index (χ4v) is 5.34. The van der Waals surface area contributed by atoms with Crippen LogP contribution in [0.3, 0.4) is 0 Å². The van der Waals surface area contributed by atoms with Gasteiger partial charge in [-0.3, -0.25) is 9.59 Å². The molecular formula is C28H25FN4O2S. The van der Waals surface area contributed by atoms with Crippen LogP contribution >= 0.6 is 11.8 Å². The van der Waals surface area contributed by atoms with Crippen molar-refractivity contribution in [3.8, 4) is 0 Å². The van der Waals surface area contributed by atoms with Gasteiger partial charge in [-0.1, -0.05) is 79.3 Å². The number of hydrogen-bond donors (Lipinski definition) is 1. The van der Waals surface area contributed by atoms with E-state index in [1.807, 2.05) is 35.3 Å². The van der Waals surface area contributed by atoms with Crippen molar-refractivity contribution < 1.29 is 14.0 Å². The molecule has 0 fully saturated rings. The molecule has 2 aliphatic heterocycles. The summed E-state index contributed by atoms with van der Waals surface area (Å²) in [5, 5.41) is 9.16. The van der Waals surface area contributed by atoms with Crippen LogP contribution in [0.25, 0.3) is 0 Å². The minimum absolute atomic E-state index is 0.0635. The molecule has 1 N–H and O–H groups in total. The molecule has 2 atom stereocenters. The van der Waals surface area contributed by atoms with E-state index in [1.165, 1.54) is 35.5 Å². The Morgan fingerprint density at radius 1 is 1.08 bits per heavy atom. The number of aliphatic imine (C=N–C) groups is 1. The number of rotatable bonds is 6. The van der Waals surface area contributed by atoms with E-state index in [0.717, 1.165) is 23.3 Å². The zero-order valence-corrected chi connectivity index (χ0v) is 20.5. The summed E-state index contributed by atoms with van der Waals surface area (Å²) in [4.78, 5) is 29.6. The fraction of sp³-hybridized carbons (Fsp3) is 0.214. The number of thioether (sulfide) groups is 1. The van der Waals surface area contributed by atoms with Crippen molar-refractivity contribution in [1.82, 2.24) is 5.01 Å². The van der Waals surface area contributed by atoms with Crippen molar-refractivity contribution in [3.63, 3.8) is 0 Å². The molecule has 2 heterocycles. The summed E-state index contributed by atoms with van der Waals surface area (Å²) in [6, 6.07) is 24.0. The summed E-state index contributed by atoms with van der Waals surface area (Å²) >= 11 is 1.25. The first-order chi connectivity index (χ1) is 17.5. The molecule has 0 bridgehead atoms. The largest absolute Gasteiger partial charge is 0.326 e. The number of nitrogens with zero attached hydrogens (tertiary/aromatic N) is 3. The van der Waals surface area contributed by atoms with E-state index in [2.05, 4.69) is 41.5 Å². The Labute approximate surface area is 213 Å². The molecule has 0 unspecified atom stereocenters. The third-order valence-corrected chi connectivity index (χ3v) is 7.34. The van der Waals surface area contributed by atoms with Crippen LogP contribution in [0.5, 0.6) is 0 Å². The SMILES string of the molecule is CCc1ccc([C@@H]2CC(c3ccccc3)=NN2C2=NC(=O)[C@H](CC(=O)Nc3cccc(F)c3)S2)cc1. The number of amidine groups is 1. The molecule has 8 heteroatoms. The Kier molecular flexibility index (Phi) is 6.95. The van der Waals surface area contributed by atoms with Crippen molar-refractivity contribution >= 4 is 40.1 Å². The van der Waals surface area contributed by atoms with Gasteiger partial charge in [0.25, 0.3) is 5.91 Å². The van der Waals surface area contributed by atoms with Crippen molar-refractivity contribution in [3.05, 3.63) is 101 Å². The number of aryl methyl sites for hydroxylation is 1. The van der Waals surface area contributed by atoms with Gasteiger partial charge in [-0.05, 0) is 41.3 Å². The van der Waals surface area contributed by atoms with E-state index < -0.39 is 11.1 Å². The lowest BCUT2D eigenvalue weighted by Gasteiger charge is -2.23. The zero-order valence-electron chi connectivity index (χ0n) is 19.7. The lowest BCUT2D eigenvalue weighted by molar-refractivity contribution is -0.121. The van der Waals surface area contributed by atoms with Crippen molar-refractivity contribution in [2.45, 2.75) is 37.5 Å². The molecular weight excluding hydrogens is 475 g/mol. The smallest absolute Gasteiger partial charge is 0.262 e. The summed E-state index contributed by atoms with van der Waals surface area (Å²) in [7, 11) is 0. The van der Waals surface area contributed by atoms with Gasteiger partial charge < -0.3 is 5.32 Å². The Bertz CT molecular complexity index is 1340. The standard InChI is InChI=1S/C28H25FN4O2S/c1-2-18-11-13-20(14-12-18)24-16-23(19-7-4-3-5-8-19)32-33(24)28-31-27(35)25(36-28)17-26(34)30-22-10-6-9-21(29)15-22/h3-15,24-25H,2,16-17H2,1H3,(H,30,34)/t24-,25-/m0/s1. The minimum Gasteiger partial charge on any atom is -0.326 e. The highest BCUT2D eigenvalue weighted by Crippen LogP contribution is 2.38. The van der Waals surface area contributed by atoms with Crippen LogP contribution < -0.4 is 5.32 Å². The Balaban J connectivity index is 1.35. The molecule has 0 aromatic heterocycles. The number of benzene rings is 3. The lowest BCUT2D eigenvalue weighted by atomic mass is 9.97. The molecule has 6 nitrogen and oxygen atoms in total. The van der Waals surface area contributed by atoms with Crippen LogP contribution in [0.4, 0.5) is 10.1 Å². The van der Waals surface area contributed by atoms with Crippen molar-refractivity contribution in [1.29, 1.82) is 0 Å². The molecule has 182 valence electrons. The maximum absolute atomic E-state index is 13.4. The highest BCUT2D eigenvalue weighted by molar-refractivity contribution is 8.15. The number of hydrazone groups is 1. The maximum atomic E-state index is 13.4. The minimum atomic E-state index is -0.660. The molecule has 0 radical (unpaired) electrons. The second-order valence-electron chi connectivity index (χ2n) is 8.67. The third-order valence-electron chi connectivity index (χ3n) is 6.19. The van der Waals surface area contributed by atoms with E-state index in [0.29, 0.717) is 17.3 Å². The molecule has 5 rings (SSSR count). The number of halogens is 1. The average molecular weight is 501 g/mol. The number of anilines is 1. The van der Waals surface area contributed by atoms with Crippen molar-refractivity contribution in [2.24, 2.45) is 10.1 Å². The van der Waals surface area contributed by atoms with Crippen molar-refractivity contribution in [2.75, 3.05) is 5.32 Å². The first-order valence-corrected chi connectivity index (χ1v) is 12.7. The molecule has 0 aliphatic carbocycles. The lowest BCUT2D eigenvalue weighted by Crippen LogP contribution is -2.25. The van der Waals surface area contributed by atoms with Gasteiger partial charge in [0.05, 0.1) is 11.8 Å². The predicted molar refractivity (Wildman–Crippen MR) is 141 cm³/mol. The van der Waals surface area contributed by atoms with Crippen LogP contribution in [0.15, 0.2) is 89.0 Å². The number of nitrogens with one attached hydrogen (secondary N) is 1. The van der Waals surface area contributed by atoms with E-state index >= 15 is 0 Å². The highest BCUT2D eigenvalue weighted by Gasteiger charge is 2.39. The molecule has 2 amide bonds. The second-order valence-corrected chi connectivity index (χ2v) is 9.84. The van der Waals surface area contributed by atoms with Crippen LogP contribution in [0.1, 0.15) is 42.5 Å². The molecule has 3 aromatic carbocycles. The molecule has 2 aliphatic rings. The van der Waals surface area contributed by atoms with Gasteiger partial charge in [0, 0.05) is 18.5 Å². The van der Waals surface area contributed by atoms with E-state index in [-0.39, 0.29) is 24.3 Å². The van der Waals surface area contributed by atoms with Crippen LogP contribution in [-0.2, 0) is 16.0 Å². The van der Waals surface area contributed by atoms with Gasteiger partial charge in [-0.15, -0.1) is 0 Å². The topological polar surface area (TPSA) is 74.1 Å². The van der Waals surface area contributed by atoms with Gasteiger partial charge in [0.1, 0.15) is 11.1 Å². The average Bonchev–Trinajstić information content (AvgIpc) is 3.48. The highest BCUT2D eigenvalue weighted by atomic mass is 32.2. The van der Waals surface area contributed by atoms with Gasteiger partial charge in [-0.25, -0.2) is 9.40 Å². The quantitative estimate of drug-likeness (QED) is 0.481. The van der Waals surface area contributed by atoms with Gasteiger partial charge in [0.15, 0.2) is 5.17 Å². The number of carbonyl (C=O) groups excluding carboxylic acids is 2. The predicted octanol–water partition coefficient (Wildman–Crippen LogP) is 5.57. The third kappa shape index (κ3) is 5.23. The van der Waals surface area contributed by atoms with E-state index in [1.54, 1.807) is 6.07 Å². The summed E-state index contributed by atoms with van der Waals surface area (Å²) in [5.41, 5.74) is 4.63. The summed E-state index contributed by atoms with van der Waals surface area (Å²) in [6.07, 6.45) is 1.57. The maximum Gasteiger partial charge on any atom is 0.262 e. The van der Waals surface area contributed by atoms with Crippen LogP contribution in [0, 0.1) is 5.82 Å². The number of amides is 2. The zero-order chi connectivity index (χ0) is 25.1. The first-order valence-electron chi connectivity index (χ1n) is 11.9.